The lowest BCUT2D eigenvalue weighted by molar-refractivity contribution is -0.144. The highest BCUT2D eigenvalue weighted by Crippen LogP contribution is 2.62. The van der Waals surface area contributed by atoms with Gasteiger partial charge >= 0.3 is 0 Å². The summed E-state index contributed by atoms with van der Waals surface area (Å²) in [5.41, 5.74) is -1.27. The number of aliphatic hydroxyl groups excluding tert-OH is 2. The molecule has 11 heteroatoms. The molecule has 0 saturated heterocycles. The van der Waals surface area contributed by atoms with E-state index in [9.17, 15) is 28.6 Å². The molecule has 208 valence electrons. The van der Waals surface area contributed by atoms with Crippen molar-refractivity contribution in [1.82, 2.24) is 10.3 Å². The quantitative estimate of drug-likeness (QED) is 0.322. The summed E-state index contributed by atoms with van der Waals surface area (Å²) < 4.78 is 28.4. The smallest absolute Gasteiger partial charge is 0.263 e. The number of benzene rings is 1. The standard InChI is InChI=1S/C28H31F2N3O4S2/c1-27-9-8-21(35)28(2,14-34)20(27)12-19-24(16(27)11-22(36)31-13-15-5-4-10-38-15)32-26(39-19)33-25(37)23-17(29)6-3-7-18(23)30/h3-7,10,16,20-21,34-35H,8-9,11-14H2,1-2H3,(H,31,36)(H,32,33,37)/t16-,20+,21-,27+,28+/m1/s1. The van der Waals surface area contributed by atoms with E-state index in [1.54, 1.807) is 11.3 Å². The van der Waals surface area contributed by atoms with E-state index in [4.69, 9.17) is 0 Å². The maximum absolute atomic E-state index is 14.2. The summed E-state index contributed by atoms with van der Waals surface area (Å²) in [7, 11) is 0. The van der Waals surface area contributed by atoms with Crippen molar-refractivity contribution in [2.45, 2.75) is 58.1 Å². The van der Waals surface area contributed by atoms with E-state index >= 15 is 0 Å². The Morgan fingerprint density at radius 3 is 2.59 bits per heavy atom. The molecule has 4 N–H and O–H groups in total. The minimum Gasteiger partial charge on any atom is -0.396 e. The van der Waals surface area contributed by atoms with Crippen LogP contribution in [0.1, 0.15) is 64.8 Å². The Hall–Kier alpha value is -2.73. The molecule has 5 rings (SSSR count). The van der Waals surface area contributed by atoms with Gasteiger partial charge in [0.25, 0.3) is 5.91 Å². The lowest BCUT2D eigenvalue weighted by Gasteiger charge is -2.58. The van der Waals surface area contributed by atoms with Crippen molar-refractivity contribution in [3.63, 3.8) is 0 Å². The van der Waals surface area contributed by atoms with Crippen LogP contribution in [-0.4, -0.2) is 39.7 Å². The summed E-state index contributed by atoms with van der Waals surface area (Å²) in [4.78, 5) is 32.5. The first-order valence-corrected chi connectivity index (χ1v) is 14.6. The fourth-order valence-electron chi connectivity index (χ4n) is 6.43. The van der Waals surface area contributed by atoms with Gasteiger partial charge in [-0.15, -0.1) is 22.7 Å². The number of fused-ring (bicyclic) bond motifs is 2. The van der Waals surface area contributed by atoms with E-state index in [1.807, 2.05) is 24.4 Å². The van der Waals surface area contributed by atoms with Crippen molar-refractivity contribution < 1.29 is 28.6 Å². The number of halogens is 2. The van der Waals surface area contributed by atoms with Gasteiger partial charge in [0.15, 0.2) is 5.13 Å². The number of hydrogen-bond acceptors (Lipinski definition) is 7. The van der Waals surface area contributed by atoms with E-state index in [0.29, 0.717) is 31.5 Å². The highest BCUT2D eigenvalue weighted by atomic mass is 32.1. The Morgan fingerprint density at radius 1 is 1.18 bits per heavy atom. The molecular weight excluding hydrogens is 544 g/mol. The second kappa shape index (κ2) is 10.7. The van der Waals surface area contributed by atoms with Crippen LogP contribution in [0.5, 0.6) is 0 Å². The maximum atomic E-state index is 14.2. The topological polar surface area (TPSA) is 112 Å². The SMILES string of the molecule is C[C@]1(CO)[C@H]2Cc3sc(NC(=O)c4c(F)cccc4F)nc3[C@@H](CC(=O)NCc3cccs3)[C@]2(C)CC[C@H]1O. The third-order valence-electron chi connectivity index (χ3n) is 8.73. The number of rotatable bonds is 7. The van der Waals surface area contributed by atoms with Gasteiger partial charge in [-0.05, 0) is 54.2 Å². The molecule has 3 aromatic rings. The minimum absolute atomic E-state index is 0.141. The summed E-state index contributed by atoms with van der Waals surface area (Å²) >= 11 is 2.75. The molecule has 2 aliphatic carbocycles. The average Bonchev–Trinajstić information content (AvgIpc) is 3.56. The van der Waals surface area contributed by atoms with E-state index in [0.717, 1.165) is 21.9 Å². The molecule has 0 radical (unpaired) electrons. The molecule has 2 amide bonds. The number of aliphatic hydroxyl groups is 2. The first-order chi connectivity index (χ1) is 18.6. The van der Waals surface area contributed by atoms with Gasteiger partial charge in [-0.25, -0.2) is 13.8 Å². The van der Waals surface area contributed by atoms with E-state index in [1.165, 1.54) is 17.4 Å². The molecule has 1 fully saturated rings. The molecule has 1 aromatic carbocycles. The van der Waals surface area contributed by atoms with Crippen LogP contribution >= 0.6 is 22.7 Å². The van der Waals surface area contributed by atoms with Crippen molar-refractivity contribution in [1.29, 1.82) is 0 Å². The van der Waals surface area contributed by atoms with Crippen LogP contribution in [-0.2, 0) is 17.8 Å². The third kappa shape index (κ3) is 5.01. The zero-order valence-electron chi connectivity index (χ0n) is 21.7. The summed E-state index contributed by atoms with van der Waals surface area (Å²) in [5.74, 6) is -3.54. The Bertz CT molecular complexity index is 1360. The number of thiazole rings is 1. The number of nitrogens with zero attached hydrogens (tertiary/aromatic N) is 1. The number of anilines is 1. The second-order valence-electron chi connectivity index (χ2n) is 11.0. The molecule has 0 aliphatic heterocycles. The van der Waals surface area contributed by atoms with E-state index < -0.39 is 40.0 Å². The van der Waals surface area contributed by atoms with Crippen molar-refractivity contribution >= 4 is 39.6 Å². The molecule has 0 bridgehead atoms. The van der Waals surface area contributed by atoms with Crippen LogP contribution in [0, 0.1) is 28.4 Å². The van der Waals surface area contributed by atoms with Crippen LogP contribution in [0.4, 0.5) is 13.9 Å². The van der Waals surface area contributed by atoms with E-state index in [2.05, 4.69) is 22.5 Å². The van der Waals surface area contributed by atoms with Crippen molar-refractivity contribution in [3.05, 3.63) is 68.4 Å². The molecule has 5 atom stereocenters. The largest absolute Gasteiger partial charge is 0.396 e. The number of thiophene rings is 1. The fraction of sp³-hybridized carbons (Fsp3) is 0.464. The van der Waals surface area contributed by atoms with Crippen molar-refractivity contribution in [2.24, 2.45) is 16.7 Å². The molecule has 2 heterocycles. The lowest BCUT2D eigenvalue weighted by atomic mass is 9.47. The van der Waals surface area contributed by atoms with Gasteiger partial charge in [0.05, 0.1) is 24.9 Å². The van der Waals surface area contributed by atoms with Gasteiger partial charge in [0, 0.05) is 27.5 Å². The molecule has 2 aromatic heterocycles. The zero-order chi connectivity index (χ0) is 27.9. The summed E-state index contributed by atoms with van der Waals surface area (Å²) in [6.07, 6.45) is 1.05. The number of carbonyl (C=O) groups excluding carboxylic acids is 2. The zero-order valence-corrected chi connectivity index (χ0v) is 23.3. The Morgan fingerprint density at radius 2 is 1.92 bits per heavy atom. The van der Waals surface area contributed by atoms with Gasteiger partial charge in [-0.2, -0.15) is 0 Å². The summed E-state index contributed by atoms with van der Waals surface area (Å²) in [6.45, 7) is 4.17. The second-order valence-corrected chi connectivity index (χ2v) is 13.1. The molecular formula is C28H31F2N3O4S2. The van der Waals surface area contributed by atoms with Crippen LogP contribution in [0.25, 0.3) is 0 Å². The first-order valence-electron chi connectivity index (χ1n) is 12.9. The Kier molecular flexibility index (Phi) is 7.62. The van der Waals surface area contributed by atoms with Crippen LogP contribution in [0.15, 0.2) is 35.7 Å². The normalized spacial score (nSPS) is 27.9. The molecule has 7 nitrogen and oxygen atoms in total. The number of carbonyl (C=O) groups is 2. The van der Waals surface area contributed by atoms with Crippen LogP contribution in [0.2, 0.25) is 0 Å². The van der Waals surface area contributed by atoms with Crippen LogP contribution < -0.4 is 10.6 Å². The third-order valence-corrected chi connectivity index (χ3v) is 10.6. The van der Waals surface area contributed by atoms with Crippen molar-refractivity contribution in [2.75, 3.05) is 11.9 Å². The fourth-order valence-corrected chi connectivity index (χ4v) is 8.14. The highest BCUT2D eigenvalue weighted by Gasteiger charge is 2.59. The van der Waals surface area contributed by atoms with Gasteiger partial charge in [-0.3, -0.25) is 14.9 Å². The monoisotopic (exact) mass is 575 g/mol. The number of aromatic nitrogens is 1. The predicted octanol–water partition coefficient (Wildman–Crippen LogP) is 4.86. The predicted molar refractivity (Wildman–Crippen MR) is 146 cm³/mol. The number of hydrogen-bond donors (Lipinski definition) is 4. The number of nitrogens with one attached hydrogen (secondary N) is 2. The average molecular weight is 576 g/mol. The van der Waals surface area contributed by atoms with E-state index in [-0.39, 0.29) is 35.9 Å². The molecule has 0 unspecified atom stereocenters. The Labute approximate surface area is 233 Å². The Balaban J connectivity index is 1.48. The van der Waals surface area contributed by atoms with Gasteiger partial charge in [-0.1, -0.05) is 26.0 Å². The molecule has 1 saturated carbocycles. The van der Waals surface area contributed by atoms with Gasteiger partial charge in [0.2, 0.25) is 5.91 Å². The summed E-state index contributed by atoms with van der Waals surface area (Å²) in [6, 6.07) is 7.09. The highest BCUT2D eigenvalue weighted by molar-refractivity contribution is 7.16. The van der Waals surface area contributed by atoms with Gasteiger partial charge in [0.1, 0.15) is 17.2 Å². The lowest BCUT2D eigenvalue weighted by Crippen LogP contribution is -2.57. The summed E-state index contributed by atoms with van der Waals surface area (Å²) in [5, 5.41) is 29.0. The number of amides is 2. The molecule has 0 spiro atoms. The first kappa shape index (κ1) is 27.8. The molecule has 39 heavy (non-hydrogen) atoms. The maximum Gasteiger partial charge on any atom is 0.263 e. The van der Waals surface area contributed by atoms with Crippen molar-refractivity contribution in [3.8, 4) is 0 Å². The van der Waals surface area contributed by atoms with Crippen LogP contribution in [0.3, 0.4) is 0 Å². The minimum atomic E-state index is -0.972. The molecule has 2 aliphatic rings. The van der Waals surface area contributed by atoms with Gasteiger partial charge < -0.3 is 15.5 Å².